The van der Waals surface area contributed by atoms with Crippen molar-refractivity contribution in [3.8, 4) is 0 Å². The normalized spacial score (nSPS) is 20.0. The topological polar surface area (TPSA) is 90.3 Å². The number of aliphatic carboxylic acids is 2. The van der Waals surface area contributed by atoms with E-state index >= 15 is 0 Å². The summed E-state index contributed by atoms with van der Waals surface area (Å²) >= 11 is 0. The van der Waals surface area contributed by atoms with Crippen LogP contribution in [0.5, 0.6) is 0 Å². The molecule has 0 radical (unpaired) electrons. The first kappa shape index (κ1) is 18.9. The van der Waals surface area contributed by atoms with Crippen LogP contribution in [0.1, 0.15) is 32.1 Å². The summed E-state index contributed by atoms with van der Waals surface area (Å²) in [6.45, 7) is 6.77. The van der Waals surface area contributed by atoms with Crippen LogP contribution in [-0.2, 0) is 14.3 Å². The van der Waals surface area contributed by atoms with Crippen molar-refractivity contribution in [2.24, 2.45) is 0 Å². The van der Waals surface area contributed by atoms with Gasteiger partial charge < -0.3 is 19.8 Å². The van der Waals surface area contributed by atoms with E-state index in [1.807, 2.05) is 0 Å². The number of piperidine rings is 1. The van der Waals surface area contributed by atoms with Crippen LogP contribution in [0.2, 0.25) is 0 Å². The molecule has 128 valence electrons. The summed E-state index contributed by atoms with van der Waals surface area (Å²) in [5.74, 6) is -1.41. The highest BCUT2D eigenvalue weighted by Crippen LogP contribution is 2.08. The van der Waals surface area contributed by atoms with Gasteiger partial charge in [0.1, 0.15) is 0 Å². The first-order valence-electron chi connectivity index (χ1n) is 8.04. The van der Waals surface area contributed by atoms with Crippen molar-refractivity contribution in [2.45, 2.75) is 32.1 Å². The van der Waals surface area contributed by atoms with E-state index < -0.39 is 11.9 Å². The van der Waals surface area contributed by atoms with Crippen molar-refractivity contribution in [1.29, 1.82) is 0 Å². The zero-order chi connectivity index (χ0) is 16.2. The van der Waals surface area contributed by atoms with Crippen LogP contribution in [0.3, 0.4) is 0 Å². The number of ether oxygens (including phenoxy) is 1. The van der Waals surface area contributed by atoms with Crippen molar-refractivity contribution in [3.05, 3.63) is 0 Å². The lowest BCUT2D eigenvalue weighted by atomic mass is 10.1. The van der Waals surface area contributed by atoms with Gasteiger partial charge in [0.25, 0.3) is 0 Å². The zero-order valence-corrected chi connectivity index (χ0v) is 13.2. The van der Waals surface area contributed by atoms with Crippen LogP contribution < -0.4 is 0 Å². The molecule has 0 spiro atoms. The molecule has 2 rings (SSSR count). The molecular weight excluding hydrogens is 288 g/mol. The molecule has 22 heavy (non-hydrogen) atoms. The van der Waals surface area contributed by atoms with Gasteiger partial charge in [0, 0.05) is 26.2 Å². The van der Waals surface area contributed by atoms with Crippen molar-refractivity contribution < 1.29 is 24.5 Å². The van der Waals surface area contributed by atoms with Crippen molar-refractivity contribution in [3.63, 3.8) is 0 Å². The fourth-order valence-corrected chi connectivity index (χ4v) is 2.52. The Morgan fingerprint density at radius 1 is 0.773 bits per heavy atom. The average molecular weight is 316 g/mol. The number of nitrogens with zero attached hydrogens (tertiary/aromatic N) is 2. The van der Waals surface area contributed by atoms with E-state index in [2.05, 4.69) is 9.80 Å². The predicted octanol–water partition coefficient (Wildman–Crippen LogP) is 0.740. The van der Waals surface area contributed by atoms with Gasteiger partial charge in [-0.25, -0.2) is 0 Å². The molecule has 7 heteroatoms. The quantitative estimate of drug-likeness (QED) is 0.747. The molecular formula is C15H28N2O5. The van der Waals surface area contributed by atoms with Crippen LogP contribution in [0, 0.1) is 0 Å². The number of carboxylic acid groups (broad SMARTS) is 2. The van der Waals surface area contributed by atoms with Crippen LogP contribution >= 0.6 is 0 Å². The summed E-state index contributed by atoms with van der Waals surface area (Å²) in [4.78, 5) is 24.7. The van der Waals surface area contributed by atoms with Gasteiger partial charge in [-0.2, -0.15) is 0 Å². The summed E-state index contributed by atoms with van der Waals surface area (Å²) in [6, 6.07) is 0. The van der Waals surface area contributed by atoms with Gasteiger partial charge in [-0.1, -0.05) is 6.42 Å². The Hall–Kier alpha value is -1.18. The number of morpholine rings is 1. The number of carboxylic acids is 2. The standard InChI is InChI=1S/C8H15NO2.C7H13NO3/c10-8(11)4-7-9-5-2-1-3-6-9;9-7(10)1-2-8-3-5-11-6-4-8/h1-7H2,(H,10,11);1-6H2,(H,9,10). The molecule has 0 aromatic carbocycles. The fourth-order valence-electron chi connectivity index (χ4n) is 2.52. The predicted molar refractivity (Wildman–Crippen MR) is 82.1 cm³/mol. The summed E-state index contributed by atoms with van der Waals surface area (Å²) in [6.07, 6.45) is 4.31. The summed E-state index contributed by atoms with van der Waals surface area (Å²) < 4.78 is 5.12. The van der Waals surface area contributed by atoms with E-state index in [1.54, 1.807) is 0 Å². The molecule has 0 atom stereocenters. The molecule has 0 saturated carbocycles. The lowest BCUT2D eigenvalue weighted by Crippen LogP contribution is -2.37. The highest BCUT2D eigenvalue weighted by atomic mass is 16.5. The Morgan fingerprint density at radius 2 is 1.23 bits per heavy atom. The molecule has 0 bridgehead atoms. The molecule has 2 aliphatic heterocycles. The Morgan fingerprint density at radius 3 is 1.68 bits per heavy atom. The highest BCUT2D eigenvalue weighted by Gasteiger charge is 2.11. The lowest BCUT2D eigenvalue weighted by Gasteiger charge is -2.25. The molecule has 0 aromatic heterocycles. The second kappa shape index (κ2) is 11.4. The number of likely N-dealkylation sites (tertiary alicyclic amines) is 1. The second-order valence-corrected chi connectivity index (χ2v) is 5.64. The SMILES string of the molecule is O=C(O)CCN1CCCCC1.O=C(O)CCN1CCOCC1. The third-order valence-corrected chi connectivity index (χ3v) is 3.84. The van der Waals surface area contributed by atoms with Gasteiger partial charge in [-0.05, 0) is 25.9 Å². The summed E-state index contributed by atoms with van der Waals surface area (Å²) in [7, 11) is 0. The van der Waals surface area contributed by atoms with Gasteiger partial charge in [-0.15, -0.1) is 0 Å². The minimum Gasteiger partial charge on any atom is -0.481 e. The number of rotatable bonds is 6. The Balaban J connectivity index is 0.000000220. The lowest BCUT2D eigenvalue weighted by molar-refractivity contribution is -0.138. The van der Waals surface area contributed by atoms with Crippen molar-refractivity contribution in [2.75, 3.05) is 52.5 Å². The van der Waals surface area contributed by atoms with E-state index in [9.17, 15) is 9.59 Å². The fraction of sp³-hybridized carbons (Fsp3) is 0.867. The molecule has 0 aliphatic carbocycles. The van der Waals surface area contributed by atoms with Crippen molar-refractivity contribution >= 4 is 11.9 Å². The molecule has 0 unspecified atom stereocenters. The number of hydrogen-bond donors (Lipinski definition) is 2. The third kappa shape index (κ3) is 9.70. The van der Waals surface area contributed by atoms with Gasteiger partial charge in [0.15, 0.2) is 0 Å². The minimum absolute atomic E-state index is 0.236. The van der Waals surface area contributed by atoms with Gasteiger partial charge in [-0.3, -0.25) is 14.5 Å². The van der Waals surface area contributed by atoms with Crippen LogP contribution in [0.25, 0.3) is 0 Å². The molecule has 2 saturated heterocycles. The van der Waals surface area contributed by atoms with Crippen LogP contribution in [-0.4, -0.2) is 84.4 Å². The summed E-state index contributed by atoms with van der Waals surface area (Å²) in [5.41, 5.74) is 0. The smallest absolute Gasteiger partial charge is 0.304 e. The molecule has 2 fully saturated rings. The van der Waals surface area contributed by atoms with Gasteiger partial charge in [0.05, 0.1) is 26.1 Å². The van der Waals surface area contributed by atoms with E-state index in [-0.39, 0.29) is 6.42 Å². The third-order valence-electron chi connectivity index (χ3n) is 3.84. The Kier molecular flexibility index (Phi) is 9.77. The Bertz CT molecular complexity index is 294. The number of carbonyl (C=O) groups is 2. The van der Waals surface area contributed by atoms with E-state index in [0.717, 1.165) is 45.9 Å². The van der Waals surface area contributed by atoms with E-state index in [1.165, 1.54) is 19.3 Å². The first-order chi connectivity index (χ1) is 10.6. The maximum atomic E-state index is 10.2. The minimum atomic E-state index is -0.725. The van der Waals surface area contributed by atoms with Crippen LogP contribution in [0.15, 0.2) is 0 Å². The van der Waals surface area contributed by atoms with E-state index in [4.69, 9.17) is 14.9 Å². The zero-order valence-electron chi connectivity index (χ0n) is 13.2. The van der Waals surface area contributed by atoms with E-state index in [0.29, 0.717) is 13.0 Å². The molecule has 0 aromatic rings. The monoisotopic (exact) mass is 316 g/mol. The number of hydrogen-bond acceptors (Lipinski definition) is 5. The van der Waals surface area contributed by atoms with Crippen molar-refractivity contribution in [1.82, 2.24) is 9.80 Å². The second-order valence-electron chi connectivity index (χ2n) is 5.64. The maximum absolute atomic E-state index is 10.2. The van der Waals surface area contributed by atoms with Gasteiger partial charge >= 0.3 is 11.9 Å². The summed E-state index contributed by atoms with van der Waals surface area (Å²) in [5, 5.41) is 16.8. The first-order valence-corrected chi connectivity index (χ1v) is 8.04. The molecule has 2 N–H and O–H groups in total. The molecule has 0 amide bonds. The van der Waals surface area contributed by atoms with Gasteiger partial charge in [0.2, 0.25) is 0 Å². The Labute approximate surface area is 131 Å². The maximum Gasteiger partial charge on any atom is 0.304 e. The van der Waals surface area contributed by atoms with Crippen LogP contribution in [0.4, 0.5) is 0 Å². The highest BCUT2D eigenvalue weighted by molar-refractivity contribution is 5.67. The molecule has 2 heterocycles. The molecule has 2 aliphatic rings. The molecule has 7 nitrogen and oxygen atoms in total. The largest absolute Gasteiger partial charge is 0.481 e. The average Bonchev–Trinajstić information content (AvgIpc) is 2.53.